The number of rotatable bonds is 5. The van der Waals surface area contributed by atoms with Gasteiger partial charge in [-0.15, -0.1) is 0 Å². The Hall–Kier alpha value is -0.750. The number of ether oxygens (including phenoxy) is 1. The van der Waals surface area contributed by atoms with E-state index >= 15 is 0 Å². The predicted octanol–water partition coefficient (Wildman–Crippen LogP) is 0.486. The molecule has 1 heterocycles. The van der Waals surface area contributed by atoms with Crippen LogP contribution in [0.15, 0.2) is 0 Å². The van der Waals surface area contributed by atoms with Gasteiger partial charge in [0.25, 0.3) is 0 Å². The van der Waals surface area contributed by atoms with Gasteiger partial charge in [-0.25, -0.2) is 4.79 Å². The van der Waals surface area contributed by atoms with E-state index in [9.17, 15) is 9.59 Å². The number of thioether (sulfide) groups is 1. The van der Waals surface area contributed by atoms with E-state index in [-0.39, 0.29) is 5.91 Å². The average molecular weight is 247 g/mol. The standard InChI is InChI=1S/C10H17NO4S/c1-6(16-2)5-11-9(12)7-3-4-8(15-7)10(13)14/h6-8H,3-5H2,1-2H3,(H,11,12)(H,13,14). The van der Waals surface area contributed by atoms with Crippen LogP contribution in [0.2, 0.25) is 0 Å². The van der Waals surface area contributed by atoms with E-state index in [4.69, 9.17) is 9.84 Å². The van der Waals surface area contributed by atoms with Crippen molar-refractivity contribution in [1.82, 2.24) is 5.32 Å². The molecule has 1 amide bonds. The van der Waals surface area contributed by atoms with Crippen molar-refractivity contribution in [3.8, 4) is 0 Å². The van der Waals surface area contributed by atoms with Crippen LogP contribution in [0.25, 0.3) is 0 Å². The summed E-state index contributed by atoms with van der Waals surface area (Å²) in [6, 6.07) is 0. The number of carboxylic acid groups (broad SMARTS) is 1. The van der Waals surface area contributed by atoms with E-state index in [1.165, 1.54) is 0 Å². The second-order valence-corrected chi connectivity index (χ2v) is 5.10. The predicted molar refractivity (Wildman–Crippen MR) is 61.5 cm³/mol. The lowest BCUT2D eigenvalue weighted by atomic mass is 10.2. The summed E-state index contributed by atoms with van der Waals surface area (Å²) in [7, 11) is 0. The Morgan fingerprint density at radius 3 is 2.62 bits per heavy atom. The van der Waals surface area contributed by atoms with E-state index in [2.05, 4.69) is 5.32 Å². The Morgan fingerprint density at radius 2 is 2.12 bits per heavy atom. The van der Waals surface area contributed by atoms with Gasteiger partial charge in [0, 0.05) is 11.8 Å². The van der Waals surface area contributed by atoms with Gasteiger partial charge in [0.05, 0.1) is 0 Å². The summed E-state index contributed by atoms with van der Waals surface area (Å²) in [6.07, 6.45) is 1.44. The molecule has 2 N–H and O–H groups in total. The molecule has 5 nitrogen and oxygen atoms in total. The highest BCUT2D eigenvalue weighted by Gasteiger charge is 2.34. The molecule has 0 spiro atoms. The molecule has 0 saturated carbocycles. The molecule has 0 aromatic carbocycles. The number of hydrogen-bond acceptors (Lipinski definition) is 4. The number of carboxylic acids is 1. The number of aliphatic carboxylic acids is 1. The molecule has 1 saturated heterocycles. The van der Waals surface area contributed by atoms with Crippen LogP contribution >= 0.6 is 11.8 Å². The molecule has 0 aliphatic carbocycles. The quantitative estimate of drug-likeness (QED) is 0.739. The summed E-state index contributed by atoms with van der Waals surface area (Å²) in [6.45, 7) is 2.60. The highest BCUT2D eigenvalue weighted by atomic mass is 32.2. The van der Waals surface area contributed by atoms with E-state index in [1.54, 1.807) is 11.8 Å². The fourth-order valence-electron chi connectivity index (χ4n) is 1.45. The first-order valence-electron chi connectivity index (χ1n) is 5.23. The van der Waals surface area contributed by atoms with Gasteiger partial charge in [0.2, 0.25) is 5.91 Å². The summed E-state index contributed by atoms with van der Waals surface area (Å²) >= 11 is 1.67. The van der Waals surface area contributed by atoms with Crippen molar-refractivity contribution in [2.45, 2.75) is 37.2 Å². The normalized spacial score (nSPS) is 26.4. The number of carbonyl (C=O) groups excluding carboxylic acids is 1. The second-order valence-electron chi connectivity index (χ2n) is 3.82. The van der Waals surface area contributed by atoms with Gasteiger partial charge < -0.3 is 15.2 Å². The first-order chi connectivity index (χ1) is 7.54. The molecular formula is C10H17NO4S. The molecule has 16 heavy (non-hydrogen) atoms. The molecule has 1 aliphatic rings. The SMILES string of the molecule is CSC(C)CNC(=O)C1CCC(C(=O)O)O1. The van der Waals surface area contributed by atoms with Gasteiger partial charge in [-0.1, -0.05) is 6.92 Å². The molecule has 0 radical (unpaired) electrons. The summed E-state index contributed by atoms with van der Waals surface area (Å²) in [5.74, 6) is -1.20. The molecule has 92 valence electrons. The lowest BCUT2D eigenvalue weighted by Crippen LogP contribution is -2.38. The van der Waals surface area contributed by atoms with Gasteiger partial charge in [0.1, 0.15) is 6.10 Å². The molecule has 0 aromatic rings. The van der Waals surface area contributed by atoms with Crippen molar-refractivity contribution in [2.24, 2.45) is 0 Å². The fourth-order valence-corrected chi connectivity index (χ4v) is 1.70. The molecule has 6 heteroatoms. The van der Waals surface area contributed by atoms with Crippen LogP contribution in [-0.4, -0.2) is 47.2 Å². The van der Waals surface area contributed by atoms with Crippen molar-refractivity contribution in [1.29, 1.82) is 0 Å². The van der Waals surface area contributed by atoms with Crippen molar-refractivity contribution in [3.05, 3.63) is 0 Å². The van der Waals surface area contributed by atoms with E-state index in [0.717, 1.165) is 0 Å². The van der Waals surface area contributed by atoms with Gasteiger partial charge in [-0.05, 0) is 19.1 Å². The zero-order valence-corrected chi connectivity index (χ0v) is 10.3. The molecule has 3 atom stereocenters. The molecule has 1 fully saturated rings. The van der Waals surface area contributed by atoms with Gasteiger partial charge in [0.15, 0.2) is 6.10 Å². The molecular weight excluding hydrogens is 230 g/mol. The summed E-state index contributed by atoms with van der Waals surface area (Å²) in [5, 5.41) is 11.8. The van der Waals surface area contributed by atoms with Gasteiger partial charge in [-0.2, -0.15) is 11.8 Å². The minimum atomic E-state index is -0.993. The van der Waals surface area contributed by atoms with Crippen molar-refractivity contribution < 1.29 is 19.4 Å². The van der Waals surface area contributed by atoms with Crippen LogP contribution in [0, 0.1) is 0 Å². The van der Waals surface area contributed by atoms with Crippen LogP contribution in [0.1, 0.15) is 19.8 Å². The lowest BCUT2D eigenvalue weighted by Gasteiger charge is -2.14. The fraction of sp³-hybridized carbons (Fsp3) is 0.800. The number of amides is 1. The Labute approximate surface area is 98.9 Å². The Balaban J connectivity index is 2.31. The van der Waals surface area contributed by atoms with Crippen molar-refractivity contribution >= 4 is 23.6 Å². The van der Waals surface area contributed by atoms with Gasteiger partial charge in [-0.3, -0.25) is 4.79 Å². The number of hydrogen-bond donors (Lipinski definition) is 2. The van der Waals surface area contributed by atoms with E-state index in [0.29, 0.717) is 24.6 Å². The smallest absolute Gasteiger partial charge is 0.332 e. The number of carbonyl (C=O) groups is 2. The Bertz CT molecular complexity index is 272. The molecule has 0 bridgehead atoms. The first kappa shape index (κ1) is 13.3. The summed E-state index contributed by atoms with van der Waals surface area (Å²) < 4.78 is 5.13. The maximum Gasteiger partial charge on any atom is 0.332 e. The highest BCUT2D eigenvalue weighted by molar-refractivity contribution is 7.99. The second kappa shape index (κ2) is 6.10. The molecule has 3 unspecified atom stereocenters. The van der Waals surface area contributed by atoms with Crippen molar-refractivity contribution in [2.75, 3.05) is 12.8 Å². The molecule has 1 aliphatic heterocycles. The van der Waals surface area contributed by atoms with Crippen LogP contribution in [-0.2, 0) is 14.3 Å². The Kier molecular flexibility index (Phi) is 5.08. The van der Waals surface area contributed by atoms with Crippen LogP contribution in [0.4, 0.5) is 0 Å². The van der Waals surface area contributed by atoms with Gasteiger partial charge >= 0.3 is 5.97 Å². The summed E-state index contributed by atoms with van der Waals surface area (Å²) in [4.78, 5) is 22.2. The topological polar surface area (TPSA) is 75.6 Å². The average Bonchev–Trinajstić information content (AvgIpc) is 2.74. The summed E-state index contributed by atoms with van der Waals surface area (Å²) in [5.41, 5.74) is 0. The first-order valence-corrected chi connectivity index (χ1v) is 6.52. The third-order valence-electron chi connectivity index (χ3n) is 2.55. The Morgan fingerprint density at radius 1 is 1.50 bits per heavy atom. The minimum Gasteiger partial charge on any atom is -0.479 e. The lowest BCUT2D eigenvalue weighted by molar-refractivity contribution is -0.151. The zero-order valence-electron chi connectivity index (χ0n) is 9.43. The third-order valence-corrected chi connectivity index (χ3v) is 3.52. The third kappa shape index (κ3) is 3.68. The maximum atomic E-state index is 11.6. The van der Waals surface area contributed by atoms with Crippen LogP contribution < -0.4 is 5.32 Å². The minimum absolute atomic E-state index is 0.204. The molecule has 0 aromatic heterocycles. The van der Waals surface area contributed by atoms with E-state index in [1.807, 2.05) is 13.2 Å². The largest absolute Gasteiger partial charge is 0.479 e. The maximum absolute atomic E-state index is 11.6. The van der Waals surface area contributed by atoms with Crippen LogP contribution in [0.3, 0.4) is 0 Å². The van der Waals surface area contributed by atoms with Crippen LogP contribution in [0.5, 0.6) is 0 Å². The zero-order chi connectivity index (χ0) is 12.1. The van der Waals surface area contributed by atoms with E-state index < -0.39 is 18.2 Å². The number of nitrogens with one attached hydrogen (secondary N) is 1. The van der Waals surface area contributed by atoms with Crippen molar-refractivity contribution in [3.63, 3.8) is 0 Å². The monoisotopic (exact) mass is 247 g/mol. The highest BCUT2D eigenvalue weighted by Crippen LogP contribution is 2.19. The molecule has 1 rings (SSSR count).